The second-order valence-corrected chi connectivity index (χ2v) is 5.43. The predicted octanol–water partition coefficient (Wildman–Crippen LogP) is 0.808. The Morgan fingerprint density at radius 3 is 2.33 bits per heavy atom. The van der Waals surface area contributed by atoms with Crippen LogP contribution in [0.2, 0.25) is 0 Å². The van der Waals surface area contributed by atoms with Crippen LogP contribution in [-0.2, 0) is 0 Å². The summed E-state index contributed by atoms with van der Waals surface area (Å²) < 4.78 is 0. The van der Waals surface area contributed by atoms with Crippen LogP contribution in [-0.4, -0.2) is 59.5 Å². The molecule has 0 aromatic heterocycles. The summed E-state index contributed by atoms with van der Waals surface area (Å²) in [5.41, 5.74) is 8.34. The van der Waals surface area contributed by atoms with Gasteiger partial charge in [0.25, 0.3) is 5.91 Å². The number of carbonyl (C=O) groups is 1. The molecule has 1 aromatic rings. The molecule has 114 valence electrons. The van der Waals surface area contributed by atoms with Gasteiger partial charge in [0.05, 0.1) is 6.54 Å². The molecule has 1 fully saturated rings. The third kappa shape index (κ3) is 3.52. The Balaban J connectivity index is 2.01. The van der Waals surface area contributed by atoms with E-state index in [-0.39, 0.29) is 11.7 Å². The molecule has 0 aliphatic carbocycles. The molecule has 0 radical (unpaired) electrons. The molecule has 0 bridgehead atoms. The molecule has 1 heterocycles. The van der Waals surface area contributed by atoms with Gasteiger partial charge in [0, 0.05) is 31.7 Å². The summed E-state index contributed by atoms with van der Waals surface area (Å²) in [7, 11) is 0. The van der Waals surface area contributed by atoms with Crippen LogP contribution in [0.5, 0.6) is 0 Å². The van der Waals surface area contributed by atoms with Gasteiger partial charge in [-0.05, 0) is 25.0 Å². The molecule has 21 heavy (non-hydrogen) atoms. The van der Waals surface area contributed by atoms with Crippen molar-refractivity contribution in [3.8, 4) is 0 Å². The first-order valence-electron chi connectivity index (χ1n) is 7.07. The van der Waals surface area contributed by atoms with Gasteiger partial charge in [-0.1, -0.05) is 23.4 Å². The number of rotatable bonds is 3. The van der Waals surface area contributed by atoms with Gasteiger partial charge in [0.1, 0.15) is 0 Å². The molecular formula is C15H22N4O2. The third-order valence-electron chi connectivity index (χ3n) is 3.87. The van der Waals surface area contributed by atoms with Crippen molar-refractivity contribution in [2.45, 2.75) is 13.8 Å². The first kappa shape index (κ1) is 15.3. The highest BCUT2D eigenvalue weighted by Gasteiger charge is 2.24. The maximum Gasteiger partial charge on any atom is 0.254 e. The second kappa shape index (κ2) is 6.58. The van der Waals surface area contributed by atoms with Crippen molar-refractivity contribution in [2.24, 2.45) is 10.9 Å². The SMILES string of the molecule is Cc1cccc(C)c1C(=O)N1CCN(C/C(N)=N/O)CC1. The average molecular weight is 290 g/mol. The smallest absolute Gasteiger partial charge is 0.254 e. The molecule has 6 nitrogen and oxygen atoms in total. The van der Waals surface area contributed by atoms with Crippen LogP contribution in [0.4, 0.5) is 0 Å². The van der Waals surface area contributed by atoms with Crippen molar-refractivity contribution >= 4 is 11.7 Å². The van der Waals surface area contributed by atoms with E-state index >= 15 is 0 Å². The molecule has 1 saturated heterocycles. The van der Waals surface area contributed by atoms with Gasteiger partial charge < -0.3 is 15.8 Å². The molecule has 0 spiro atoms. The number of amides is 1. The summed E-state index contributed by atoms with van der Waals surface area (Å²) >= 11 is 0. The van der Waals surface area contributed by atoms with Crippen LogP contribution in [0.1, 0.15) is 21.5 Å². The van der Waals surface area contributed by atoms with Crippen molar-refractivity contribution in [1.29, 1.82) is 0 Å². The highest BCUT2D eigenvalue weighted by atomic mass is 16.4. The van der Waals surface area contributed by atoms with Crippen molar-refractivity contribution in [3.05, 3.63) is 34.9 Å². The lowest BCUT2D eigenvalue weighted by Crippen LogP contribution is -2.50. The lowest BCUT2D eigenvalue weighted by molar-refractivity contribution is 0.0651. The number of oxime groups is 1. The number of benzene rings is 1. The van der Waals surface area contributed by atoms with Gasteiger partial charge in [0.15, 0.2) is 5.84 Å². The zero-order chi connectivity index (χ0) is 15.4. The van der Waals surface area contributed by atoms with Crippen LogP contribution in [0.3, 0.4) is 0 Å². The topological polar surface area (TPSA) is 82.2 Å². The predicted molar refractivity (Wildman–Crippen MR) is 81.7 cm³/mol. The fraction of sp³-hybridized carbons (Fsp3) is 0.467. The first-order chi connectivity index (χ1) is 10.0. The number of piperazine rings is 1. The molecule has 0 atom stereocenters. The van der Waals surface area contributed by atoms with Gasteiger partial charge in [-0.25, -0.2) is 0 Å². The van der Waals surface area contributed by atoms with E-state index in [0.717, 1.165) is 29.8 Å². The third-order valence-corrected chi connectivity index (χ3v) is 3.87. The Morgan fingerprint density at radius 1 is 1.24 bits per heavy atom. The molecule has 3 N–H and O–H groups in total. The van der Waals surface area contributed by atoms with Crippen molar-refractivity contribution in [1.82, 2.24) is 9.80 Å². The standard InChI is InChI=1S/C15H22N4O2/c1-11-4-3-5-12(2)14(11)15(20)19-8-6-18(7-9-19)10-13(16)17-21/h3-5,21H,6-10H2,1-2H3,(H2,16,17). The van der Waals surface area contributed by atoms with E-state index in [2.05, 4.69) is 10.1 Å². The van der Waals surface area contributed by atoms with E-state index < -0.39 is 0 Å². The summed E-state index contributed by atoms with van der Waals surface area (Å²) in [6.07, 6.45) is 0. The number of hydrogen-bond acceptors (Lipinski definition) is 4. The van der Waals surface area contributed by atoms with Crippen molar-refractivity contribution in [2.75, 3.05) is 32.7 Å². The van der Waals surface area contributed by atoms with Crippen molar-refractivity contribution in [3.63, 3.8) is 0 Å². The average Bonchev–Trinajstić information content (AvgIpc) is 2.47. The number of nitrogens with zero attached hydrogens (tertiary/aromatic N) is 3. The maximum atomic E-state index is 12.6. The number of carbonyl (C=O) groups excluding carboxylic acids is 1. The Bertz CT molecular complexity index is 528. The normalized spacial score (nSPS) is 17.0. The van der Waals surface area contributed by atoms with Crippen LogP contribution in [0.15, 0.2) is 23.4 Å². The van der Waals surface area contributed by atoms with Gasteiger partial charge in [-0.3, -0.25) is 9.69 Å². The number of hydrogen-bond donors (Lipinski definition) is 2. The van der Waals surface area contributed by atoms with Crippen LogP contribution >= 0.6 is 0 Å². The minimum atomic E-state index is 0.0917. The van der Waals surface area contributed by atoms with Crippen LogP contribution in [0.25, 0.3) is 0 Å². The molecule has 0 saturated carbocycles. The van der Waals surface area contributed by atoms with E-state index in [0.29, 0.717) is 19.6 Å². The quantitative estimate of drug-likeness (QED) is 0.373. The highest BCUT2D eigenvalue weighted by Crippen LogP contribution is 2.17. The Morgan fingerprint density at radius 2 is 1.81 bits per heavy atom. The Hall–Kier alpha value is -2.08. The first-order valence-corrected chi connectivity index (χ1v) is 7.07. The summed E-state index contributed by atoms with van der Waals surface area (Å²) in [6, 6.07) is 5.90. The highest BCUT2D eigenvalue weighted by molar-refractivity contribution is 5.97. The number of aryl methyl sites for hydroxylation is 2. The van der Waals surface area contributed by atoms with Crippen LogP contribution < -0.4 is 5.73 Å². The monoisotopic (exact) mass is 290 g/mol. The van der Waals surface area contributed by atoms with E-state index in [4.69, 9.17) is 10.9 Å². The molecular weight excluding hydrogens is 268 g/mol. The molecule has 1 aromatic carbocycles. The zero-order valence-electron chi connectivity index (χ0n) is 12.5. The van der Waals surface area contributed by atoms with E-state index in [1.807, 2.05) is 36.9 Å². The summed E-state index contributed by atoms with van der Waals surface area (Å²) in [6.45, 7) is 7.14. The van der Waals surface area contributed by atoms with Gasteiger partial charge in [0.2, 0.25) is 0 Å². The minimum Gasteiger partial charge on any atom is -0.409 e. The lowest BCUT2D eigenvalue weighted by atomic mass is 10.0. The van der Waals surface area contributed by atoms with Gasteiger partial charge in [-0.15, -0.1) is 0 Å². The van der Waals surface area contributed by atoms with Crippen LogP contribution in [0, 0.1) is 13.8 Å². The minimum absolute atomic E-state index is 0.0917. The van der Waals surface area contributed by atoms with E-state index in [9.17, 15) is 4.79 Å². The summed E-state index contributed by atoms with van der Waals surface area (Å²) in [5.74, 6) is 0.290. The van der Waals surface area contributed by atoms with E-state index in [1.54, 1.807) is 0 Å². The fourth-order valence-corrected chi connectivity index (χ4v) is 2.68. The number of amidine groups is 1. The summed E-state index contributed by atoms with van der Waals surface area (Å²) in [5, 5.41) is 11.6. The molecule has 6 heteroatoms. The molecule has 2 rings (SSSR count). The maximum absolute atomic E-state index is 12.6. The second-order valence-electron chi connectivity index (χ2n) is 5.43. The van der Waals surface area contributed by atoms with E-state index in [1.165, 1.54) is 0 Å². The number of nitrogens with two attached hydrogens (primary N) is 1. The molecule has 1 aliphatic rings. The molecule has 0 unspecified atom stereocenters. The Labute approximate surface area is 124 Å². The lowest BCUT2D eigenvalue weighted by Gasteiger charge is -2.34. The Kier molecular flexibility index (Phi) is 4.80. The summed E-state index contributed by atoms with van der Waals surface area (Å²) in [4.78, 5) is 16.6. The van der Waals surface area contributed by atoms with Gasteiger partial charge >= 0.3 is 0 Å². The largest absolute Gasteiger partial charge is 0.409 e. The molecule has 1 aliphatic heterocycles. The van der Waals surface area contributed by atoms with Gasteiger partial charge in [-0.2, -0.15) is 0 Å². The van der Waals surface area contributed by atoms with Crippen molar-refractivity contribution < 1.29 is 10.0 Å². The fourth-order valence-electron chi connectivity index (χ4n) is 2.68. The molecule has 1 amide bonds. The zero-order valence-corrected chi connectivity index (χ0v) is 12.5.